The van der Waals surface area contributed by atoms with Crippen molar-refractivity contribution in [1.82, 2.24) is 15.6 Å². The van der Waals surface area contributed by atoms with Crippen LogP contribution in [0.3, 0.4) is 0 Å². The summed E-state index contributed by atoms with van der Waals surface area (Å²) in [5, 5.41) is 7.67. The van der Waals surface area contributed by atoms with Gasteiger partial charge in [0.2, 0.25) is 0 Å². The number of thiazole rings is 1. The maximum atomic E-state index is 5.55. The summed E-state index contributed by atoms with van der Waals surface area (Å²) in [6.45, 7) is 10.8. The van der Waals surface area contributed by atoms with Crippen LogP contribution in [0.25, 0.3) is 0 Å². The normalized spacial score (nSPS) is 10.9. The van der Waals surface area contributed by atoms with E-state index >= 15 is 0 Å². The van der Waals surface area contributed by atoms with E-state index in [9.17, 15) is 0 Å². The number of hydrogen-bond donors (Lipinski definition) is 2. The van der Waals surface area contributed by atoms with Crippen LogP contribution in [0.15, 0.2) is 23.2 Å². The number of aromatic nitrogens is 1. The Hall–Kier alpha value is -1.55. The van der Waals surface area contributed by atoms with E-state index in [1.165, 1.54) is 4.88 Å². The van der Waals surface area contributed by atoms with Gasteiger partial charge in [-0.3, -0.25) is 0 Å². The standard InChI is InChI=1S/C19H28N4O2S.HI/c1-6-20-19(22-12-18-23-13(3)14(4)26-18)21-11-15-8-9-16(25-7-2)17(10-15)24-5;/h8-10H,6-7,11-12H2,1-5H3,(H2,20,21,22);1H. The third kappa shape index (κ3) is 7.17. The van der Waals surface area contributed by atoms with E-state index in [0.29, 0.717) is 19.7 Å². The summed E-state index contributed by atoms with van der Waals surface area (Å²) in [6, 6.07) is 5.90. The lowest BCUT2D eigenvalue weighted by Crippen LogP contribution is -2.36. The molecule has 2 N–H and O–H groups in total. The Morgan fingerprint density at radius 3 is 2.56 bits per heavy atom. The molecule has 27 heavy (non-hydrogen) atoms. The van der Waals surface area contributed by atoms with E-state index in [0.717, 1.165) is 40.3 Å². The maximum Gasteiger partial charge on any atom is 0.191 e. The quantitative estimate of drug-likeness (QED) is 0.323. The van der Waals surface area contributed by atoms with Crippen molar-refractivity contribution in [2.75, 3.05) is 20.3 Å². The zero-order valence-corrected chi connectivity index (χ0v) is 19.7. The molecule has 0 amide bonds. The number of halogens is 1. The van der Waals surface area contributed by atoms with Crippen LogP contribution < -0.4 is 20.1 Å². The van der Waals surface area contributed by atoms with E-state index < -0.39 is 0 Å². The van der Waals surface area contributed by atoms with Crippen LogP contribution in [0.4, 0.5) is 0 Å². The van der Waals surface area contributed by atoms with Crippen molar-refractivity contribution in [3.8, 4) is 11.5 Å². The summed E-state index contributed by atoms with van der Waals surface area (Å²) >= 11 is 1.71. The Bertz CT molecular complexity index is 730. The van der Waals surface area contributed by atoms with Gasteiger partial charge in [-0.05, 0) is 45.4 Å². The predicted molar refractivity (Wildman–Crippen MR) is 123 cm³/mol. The first-order valence-corrected chi connectivity index (χ1v) is 9.63. The number of rotatable bonds is 8. The van der Waals surface area contributed by atoms with Gasteiger partial charge < -0.3 is 20.1 Å². The molecule has 0 fully saturated rings. The molecule has 0 aliphatic heterocycles. The molecule has 0 aliphatic rings. The number of aryl methyl sites for hydroxylation is 2. The zero-order valence-electron chi connectivity index (χ0n) is 16.6. The summed E-state index contributed by atoms with van der Waals surface area (Å²) in [4.78, 5) is 10.5. The number of nitrogens with one attached hydrogen (secondary N) is 2. The molecule has 1 heterocycles. The Morgan fingerprint density at radius 2 is 1.96 bits per heavy atom. The lowest BCUT2D eigenvalue weighted by molar-refractivity contribution is 0.310. The highest BCUT2D eigenvalue weighted by Crippen LogP contribution is 2.28. The molecule has 2 aromatic rings. The van der Waals surface area contributed by atoms with Crippen molar-refractivity contribution in [2.24, 2.45) is 4.99 Å². The molecule has 0 unspecified atom stereocenters. The van der Waals surface area contributed by atoms with E-state index in [2.05, 4.69) is 34.5 Å². The van der Waals surface area contributed by atoms with Crippen molar-refractivity contribution in [2.45, 2.75) is 40.8 Å². The van der Waals surface area contributed by atoms with Gasteiger partial charge in [-0.1, -0.05) is 6.07 Å². The molecule has 6 nitrogen and oxygen atoms in total. The van der Waals surface area contributed by atoms with E-state index in [1.807, 2.05) is 32.0 Å². The Labute approximate surface area is 182 Å². The largest absolute Gasteiger partial charge is 0.493 e. The fourth-order valence-electron chi connectivity index (χ4n) is 2.37. The van der Waals surface area contributed by atoms with Crippen LogP contribution >= 0.6 is 35.3 Å². The first-order chi connectivity index (χ1) is 12.6. The van der Waals surface area contributed by atoms with Crippen molar-refractivity contribution >= 4 is 41.3 Å². The van der Waals surface area contributed by atoms with Crippen molar-refractivity contribution in [3.05, 3.63) is 39.3 Å². The van der Waals surface area contributed by atoms with E-state index in [-0.39, 0.29) is 24.0 Å². The topological polar surface area (TPSA) is 67.8 Å². The third-order valence-electron chi connectivity index (χ3n) is 3.77. The van der Waals surface area contributed by atoms with Crippen LogP contribution in [-0.2, 0) is 13.1 Å². The second-order valence-corrected chi connectivity index (χ2v) is 7.00. The summed E-state index contributed by atoms with van der Waals surface area (Å²) in [6.07, 6.45) is 0. The smallest absolute Gasteiger partial charge is 0.191 e. The summed E-state index contributed by atoms with van der Waals surface area (Å²) in [5.74, 6) is 2.25. The first kappa shape index (κ1) is 23.5. The lowest BCUT2D eigenvalue weighted by Gasteiger charge is -2.12. The molecule has 0 saturated heterocycles. The van der Waals surface area contributed by atoms with Crippen LogP contribution in [-0.4, -0.2) is 31.2 Å². The number of hydrogen-bond acceptors (Lipinski definition) is 5. The highest BCUT2D eigenvalue weighted by molar-refractivity contribution is 14.0. The SMILES string of the molecule is CCNC(=NCc1ccc(OCC)c(OC)c1)NCc1nc(C)c(C)s1.I. The van der Waals surface area contributed by atoms with Gasteiger partial charge in [0, 0.05) is 11.4 Å². The van der Waals surface area contributed by atoms with Crippen LogP contribution in [0, 0.1) is 13.8 Å². The summed E-state index contributed by atoms with van der Waals surface area (Å²) < 4.78 is 11.0. The Balaban J connectivity index is 0.00000364. The molecule has 0 bridgehead atoms. The van der Waals surface area contributed by atoms with Gasteiger partial charge in [0.15, 0.2) is 17.5 Å². The molecule has 8 heteroatoms. The lowest BCUT2D eigenvalue weighted by atomic mass is 10.2. The second-order valence-electron chi connectivity index (χ2n) is 5.72. The average Bonchev–Trinajstić information content (AvgIpc) is 2.96. The summed E-state index contributed by atoms with van der Waals surface area (Å²) in [7, 11) is 1.65. The van der Waals surface area contributed by atoms with Gasteiger partial charge >= 0.3 is 0 Å². The average molecular weight is 504 g/mol. The highest BCUT2D eigenvalue weighted by Gasteiger charge is 2.07. The maximum absolute atomic E-state index is 5.55. The third-order valence-corrected chi connectivity index (χ3v) is 4.84. The molecule has 0 atom stereocenters. The fourth-order valence-corrected chi connectivity index (χ4v) is 3.25. The van der Waals surface area contributed by atoms with Crippen LogP contribution in [0.2, 0.25) is 0 Å². The Kier molecular flexibility index (Phi) is 10.5. The van der Waals surface area contributed by atoms with Crippen molar-refractivity contribution in [1.29, 1.82) is 0 Å². The summed E-state index contributed by atoms with van der Waals surface area (Å²) in [5.41, 5.74) is 2.15. The molecular weight excluding hydrogens is 475 g/mol. The monoisotopic (exact) mass is 504 g/mol. The minimum Gasteiger partial charge on any atom is -0.493 e. The number of aliphatic imine (C=N–C) groups is 1. The van der Waals surface area contributed by atoms with Gasteiger partial charge in [-0.25, -0.2) is 9.98 Å². The fraction of sp³-hybridized carbons (Fsp3) is 0.474. The minimum absolute atomic E-state index is 0. The first-order valence-electron chi connectivity index (χ1n) is 8.82. The van der Waals surface area contributed by atoms with E-state index in [4.69, 9.17) is 9.47 Å². The number of ether oxygens (including phenoxy) is 2. The molecule has 1 aromatic carbocycles. The predicted octanol–water partition coefficient (Wildman–Crippen LogP) is 4.04. The van der Waals surface area contributed by atoms with Crippen molar-refractivity contribution < 1.29 is 9.47 Å². The molecule has 2 rings (SSSR count). The van der Waals surface area contributed by atoms with Gasteiger partial charge in [0.1, 0.15) is 5.01 Å². The van der Waals surface area contributed by atoms with Gasteiger partial charge in [0.05, 0.1) is 32.5 Å². The number of nitrogens with zero attached hydrogens (tertiary/aromatic N) is 2. The minimum atomic E-state index is 0. The highest BCUT2D eigenvalue weighted by atomic mass is 127. The van der Waals surface area contributed by atoms with Crippen LogP contribution in [0.5, 0.6) is 11.5 Å². The second kappa shape index (κ2) is 12.0. The number of methoxy groups -OCH3 is 1. The molecular formula is C19H29IN4O2S. The Morgan fingerprint density at radius 1 is 1.19 bits per heavy atom. The number of guanidine groups is 1. The molecule has 150 valence electrons. The molecule has 0 radical (unpaired) electrons. The van der Waals surface area contributed by atoms with Crippen molar-refractivity contribution in [3.63, 3.8) is 0 Å². The zero-order chi connectivity index (χ0) is 18.9. The molecule has 0 spiro atoms. The molecule has 0 saturated carbocycles. The molecule has 1 aromatic heterocycles. The molecule has 0 aliphatic carbocycles. The van der Waals surface area contributed by atoms with Gasteiger partial charge in [0.25, 0.3) is 0 Å². The van der Waals surface area contributed by atoms with E-state index in [1.54, 1.807) is 18.4 Å². The van der Waals surface area contributed by atoms with Gasteiger partial charge in [-0.2, -0.15) is 0 Å². The van der Waals surface area contributed by atoms with Crippen LogP contribution in [0.1, 0.15) is 35.0 Å². The number of benzene rings is 1. The van der Waals surface area contributed by atoms with Gasteiger partial charge in [-0.15, -0.1) is 35.3 Å².